The molecule has 1 aromatic carbocycles. The molecule has 58 valence electrons. The molecule has 0 saturated heterocycles. The summed E-state index contributed by atoms with van der Waals surface area (Å²) >= 11 is 0. The van der Waals surface area contributed by atoms with Crippen LogP contribution < -0.4 is 4.74 Å². The van der Waals surface area contributed by atoms with E-state index in [0.717, 1.165) is 5.75 Å². The van der Waals surface area contributed by atoms with Gasteiger partial charge in [-0.25, -0.2) is 0 Å². The molecule has 0 bridgehead atoms. The van der Waals surface area contributed by atoms with E-state index in [1.165, 1.54) is 5.56 Å². The zero-order valence-corrected chi connectivity index (χ0v) is 8.93. The van der Waals surface area contributed by atoms with Crippen LogP contribution >= 0.6 is 0 Å². The summed E-state index contributed by atoms with van der Waals surface area (Å²) < 4.78 is 5.34. The fraction of sp³-hybridized carbons (Fsp3) is 0.111. The molecule has 0 saturated carbocycles. The Bertz CT molecular complexity index is 268. The molecule has 0 atom stereocenters. The molecule has 1 aliphatic rings. The molecule has 1 aromatic rings. The van der Waals surface area contributed by atoms with Crippen molar-refractivity contribution in [2.45, 2.75) is 0 Å². The molecule has 0 N–H and O–H groups in total. The van der Waals surface area contributed by atoms with E-state index in [2.05, 4.69) is 6.08 Å². The van der Waals surface area contributed by atoms with E-state index in [1.807, 2.05) is 30.3 Å². The van der Waals surface area contributed by atoms with Gasteiger partial charge in [0, 0.05) is 5.56 Å². The summed E-state index contributed by atoms with van der Waals surface area (Å²) in [7, 11) is 0. The molecular formula is C9H10OTe. The van der Waals surface area contributed by atoms with E-state index < -0.39 is 0 Å². The summed E-state index contributed by atoms with van der Waals surface area (Å²) in [5, 5.41) is 0. The van der Waals surface area contributed by atoms with Gasteiger partial charge in [-0.3, -0.25) is 0 Å². The second kappa shape index (κ2) is 3.80. The van der Waals surface area contributed by atoms with Crippen molar-refractivity contribution in [3.63, 3.8) is 0 Å². The normalized spacial score (nSPS) is 12.7. The molecule has 0 fully saturated rings. The van der Waals surface area contributed by atoms with Crippen LogP contribution in [-0.2, 0) is 0 Å². The molecule has 2 heteroatoms. The predicted molar refractivity (Wildman–Crippen MR) is 49.5 cm³/mol. The second-order valence-electron chi connectivity index (χ2n) is 2.25. The number of rotatable bonds is 0. The Morgan fingerprint density at radius 1 is 1.18 bits per heavy atom. The first-order valence-corrected chi connectivity index (χ1v) is 3.35. The predicted octanol–water partition coefficient (Wildman–Crippen LogP) is 1.18. The minimum atomic E-state index is 0. The fourth-order valence-corrected chi connectivity index (χ4v) is 1.06. The van der Waals surface area contributed by atoms with E-state index in [0.29, 0.717) is 6.61 Å². The van der Waals surface area contributed by atoms with E-state index in [4.69, 9.17) is 4.74 Å². The van der Waals surface area contributed by atoms with Crippen molar-refractivity contribution in [1.29, 1.82) is 0 Å². The number of hydrogen-bond acceptors (Lipinski definition) is 1. The van der Waals surface area contributed by atoms with E-state index in [9.17, 15) is 0 Å². The number of ether oxygens (including phenoxy) is 1. The van der Waals surface area contributed by atoms with Crippen molar-refractivity contribution in [1.82, 2.24) is 0 Å². The van der Waals surface area contributed by atoms with Crippen molar-refractivity contribution in [2.75, 3.05) is 6.61 Å². The van der Waals surface area contributed by atoms with Crippen LogP contribution in [0.4, 0.5) is 0 Å². The first-order valence-electron chi connectivity index (χ1n) is 3.35. The SMILES string of the molecule is C1=Cc2ccccc2OC1.[TeH2]. The van der Waals surface area contributed by atoms with Crippen LogP contribution in [0.15, 0.2) is 30.3 Å². The third-order valence-electron chi connectivity index (χ3n) is 1.55. The maximum absolute atomic E-state index is 5.34. The molecule has 0 radical (unpaired) electrons. The first kappa shape index (κ1) is 8.64. The Morgan fingerprint density at radius 2 is 2.00 bits per heavy atom. The summed E-state index contributed by atoms with van der Waals surface area (Å²) in [6.45, 7) is 0.705. The van der Waals surface area contributed by atoms with Gasteiger partial charge in [0.1, 0.15) is 12.4 Å². The van der Waals surface area contributed by atoms with Gasteiger partial charge in [0.2, 0.25) is 0 Å². The van der Waals surface area contributed by atoms with Crippen molar-refractivity contribution in [3.8, 4) is 5.75 Å². The van der Waals surface area contributed by atoms with Gasteiger partial charge in [-0.2, -0.15) is 0 Å². The average molecular weight is 262 g/mol. The van der Waals surface area contributed by atoms with Crippen LogP contribution in [0.25, 0.3) is 6.08 Å². The standard InChI is InChI=1S/C9H8O.H2Te/c1-2-6-9-8(4-1)5-3-7-10-9;/h1-6H,7H2;1H2. The number of para-hydroxylation sites is 1. The van der Waals surface area contributed by atoms with Crippen LogP contribution in [-0.4, -0.2) is 30.3 Å². The molecule has 0 amide bonds. The molecular weight excluding hydrogens is 252 g/mol. The monoisotopic (exact) mass is 264 g/mol. The minimum absolute atomic E-state index is 0. The van der Waals surface area contributed by atoms with Crippen LogP contribution in [0.1, 0.15) is 5.56 Å². The molecule has 0 unspecified atom stereocenters. The van der Waals surface area contributed by atoms with Crippen LogP contribution in [0.5, 0.6) is 5.75 Å². The third kappa shape index (κ3) is 1.77. The molecule has 0 aromatic heterocycles. The molecule has 11 heavy (non-hydrogen) atoms. The van der Waals surface area contributed by atoms with Crippen molar-refractivity contribution >= 4 is 29.7 Å². The van der Waals surface area contributed by atoms with Gasteiger partial charge in [0.25, 0.3) is 0 Å². The molecule has 1 heterocycles. The summed E-state index contributed by atoms with van der Waals surface area (Å²) in [6, 6.07) is 8.03. The number of benzene rings is 1. The topological polar surface area (TPSA) is 9.23 Å². The Kier molecular flexibility index (Phi) is 2.99. The molecule has 0 spiro atoms. The molecule has 2 rings (SSSR count). The molecule has 1 nitrogen and oxygen atoms in total. The number of fused-ring (bicyclic) bond motifs is 1. The molecule has 1 aliphatic heterocycles. The zero-order valence-electron chi connectivity index (χ0n) is 6.08. The van der Waals surface area contributed by atoms with Crippen LogP contribution in [0.2, 0.25) is 0 Å². The van der Waals surface area contributed by atoms with E-state index in [1.54, 1.807) is 0 Å². The average Bonchev–Trinajstić information content (AvgIpc) is 2.05. The summed E-state index contributed by atoms with van der Waals surface area (Å²) in [4.78, 5) is 0. The van der Waals surface area contributed by atoms with Gasteiger partial charge in [-0.1, -0.05) is 24.3 Å². The quantitative estimate of drug-likeness (QED) is 0.638. The first-order chi connectivity index (χ1) is 4.97. The second-order valence-corrected chi connectivity index (χ2v) is 2.25. The Balaban J connectivity index is 0.000000605. The fourth-order valence-electron chi connectivity index (χ4n) is 1.06. The zero-order chi connectivity index (χ0) is 6.81. The van der Waals surface area contributed by atoms with Crippen molar-refractivity contribution in [2.24, 2.45) is 0 Å². The van der Waals surface area contributed by atoms with Crippen LogP contribution in [0, 0.1) is 0 Å². The summed E-state index contributed by atoms with van der Waals surface area (Å²) in [6.07, 6.45) is 4.10. The Hall–Kier alpha value is -0.450. The van der Waals surface area contributed by atoms with Gasteiger partial charge in [0.15, 0.2) is 0 Å². The van der Waals surface area contributed by atoms with Gasteiger partial charge in [-0.05, 0) is 12.1 Å². The van der Waals surface area contributed by atoms with Crippen LogP contribution in [0.3, 0.4) is 0 Å². The van der Waals surface area contributed by atoms with Gasteiger partial charge in [-0.15, -0.1) is 0 Å². The van der Waals surface area contributed by atoms with Gasteiger partial charge >= 0.3 is 23.7 Å². The third-order valence-corrected chi connectivity index (χ3v) is 1.55. The van der Waals surface area contributed by atoms with Crippen molar-refractivity contribution < 1.29 is 4.74 Å². The molecule has 0 aliphatic carbocycles. The Labute approximate surface area is 82.8 Å². The van der Waals surface area contributed by atoms with Crippen molar-refractivity contribution in [3.05, 3.63) is 35.9 Å². The van der Waals surface area contributed by atoms with Gasteiger partial charge in [0.05, 0.1) is 0 Å². The maximum atomic E-state index is 5.34. The van der Waals surface area contributed by atoms with E-state index in [-0.39, 0.29) is 23.7 Å². The Morgan fingerprint density at radius 3 is 2.82 bits per heavy atom. The van der Waals surface area contributed by atoms with E-state index >= 15 is 0 Å². The summed E-state index contributed by atoms with van der Waals surface area (Å²) in [5.74, 6) is 0.991. The van der Waals surface area contributed by atoms with Gasteiger partial charge < -0.3 is 4.74 Å². The number of hydrogen-bond donors (Lipinski definition) is 0. The summed E-state index contributed by atoms with van der Waals surface area (Å²) in [5.41, 5.74) is 1.17.